The Kier molecular flexibility index (Phi) is 8.33. The lowest BCUT2D eigenvalue weighted by atomic mass is 9.90. The first-order valence-electron chi connectivity index (χ1n) is 10.6. The van der Waals surface area contributed by atoms with Crippen LogP contribution in [0.3, 0.4) is 0 Å². The fraction of sp³-hybridized carbons (Fsp3) is 0.435. The first kappa shape index (κ1) is 25.7. The lowest BCUT2D eigenvalue weighted by Crippen LogP contribution is -2.47. The predicted molar refractivity (Wildman–Crippen MR) is 128 cm³/mol. The third-order valence-electron chi connectivity index (χ3n) is 5.58. The van der Waals surface area contributed by atoms with E-state index in [0.29, 0.717) is 34.7 Å². The van der Waals surface area contributed by atoms with E-state index in [1.54, 1.807) is 41.0 Å². The number of halogens is 2. The third kappa shape index (κ3) is 5.26. The summed E-state index contributed by atoms with van der Waals surface area (Å²) in [5.41, 5.74) is 1.91. The zero-order valence-corrected chi connectivity index (χ0v) is 21.1. The largest absolute Gasteiger partial charge is 0.493 e. The lowest BCUT2D eigenvalue weighted by molar-refractivity contribution is 0.0941. The van der Waals surface area contributed by atoms with Crippen LogP contribution in [0, 0.1) is 0 Å². The van der Waals surface area contributed by atoms with Gasteiger partial charge in [-0.2, -0.15) is 0 Å². The molecule has 11 heteroatoms. The van der Waals surface area contributed by atoms with Gasteiger partial charge >= 0.3 is 12.2 Å². The van der Waals surface area contributed by atoms with E-state index in [-0.39, 0.29) is 29.5 Å². The fourth-order valence-corrected chi connectivity index (χ4v) is 4.65. The van der Waals surface area contributed by atoms with Crippen molar-refractivity contribution in [1.29, 1.82) is 0 Å². The molecule has 1 aliphatic rings. The van der Waals surface area contributed by atoms with Crippen LogP contribution in [0.4, 0.5) is 15.3 Å². The van der Waals surface area contributed by atoms with Crippen molar-refractivity contribution in [1.82, 2.24) is 9.88 Å². The number of amides is 2. The van der Waals surface area contributed by atoms with Gasteiger partial charge in [-0.05, 0) is 44.0 Å². The molecule has 2 amide bonds. The van der Waals surface area contributed by atoms with Crippen molar-refractivity contribution in [3.63, 3.8) is 0 Å². The summed E-state index contributed by atoms with van der Waals surface area (Å²) in [4.78, 5) is 32.9. The average Bonchev–Trinajstić information content (AvgIpc) is 2.80. The van der Waals surface area contributed by atoms with Gasteiger partial charge in [-0.3, -0.25) is 9.80 Å². The zero-order valence-electron chi connectivity index (χ0n) is 19.6. The minimum atomic E-state index is -0.549. The Balaban J connectivity index is 2.15. The highest BCUT2D eigenvalue weighted by Gasteiger charge is 2.40. The van der Waals surface area contributed by atoms with Crippen LogP contribution in [0.1, 0.15) is 37.4 Å². The van der Waals surface area contributed by atoms with E-state index in [4.69, 9.17) is 42.1 Å². The number of ether oxygens (including phenoxy) is 4. The molecule has 0 bridgehead atoms. The number of carbonyl (C=O) groups is 2. The summed E-state index contributed by atoms with van der Waals surface area (Å²) in [7, 11) is 4.35. The molecular weight excluding hydrogens is 485 g/mol. The average molecular weight is 512 g/mol. The second kappa shape index (κ2) is 11.0. The van der Waals surface area contributed by atoms with Crippen LogP contribution in [0.15, 0.2) is 24.3 Å². The number of methoxy groups -OCH3 is 3. The SMILES string of the molecule is CCOC(=O)N1c2cc(OC)c(OC)cc2C(N(Cc2cc(Cl)nc(Cl)c2)C(=O)OC)CC1C. The molecule has 2 heterocycles. The number of carbonyl (C=O) groups excluding carboxylic acids is 2. The number of anilines is 1. The highest BCUT2D eigenvalue weighted by atomic mass is 35.5. The Morgan fingerprint density at radius 2 is 1.71 bits per heavy atom. The van der Waals surface area contributed by atoms with E-state index in [0.717, 1.165) is 0 Å². The number of pyridine rings is 1. The number of nitrogens with zero attached hydrogens (tertiary/aromatic N) is 3. The number of aromatic nitrogens is 1. The standard InChI is InChI=1S/C23H27Cl2N3O6/c1-6-34-23(30)28-13(2)7-16(15-10-18(31-3)19(32-4)11-17(15)28)27(22(29)33-5)12-14-8-20(24)26-21(25)9-14/h8-11,13,16H,6-7,12H2,1-5H3. The molecular formula is C23H27Cl2N3O6. The van der Waals surface area contributed by atoms with E-state index in [1.165, 1.54) is 21.3 Å². The Morgan fingerprint density at radius 3 is 2.26 bits per heavy atom. The quantitative estimate of drug-likeness (QED) is 0.474. The van der Waals surface area contributed by atoms with Gasteiger partial charge in [0.2, 0.25) is 0 Å². The van der Waals surface area contributed by atoms with E-state index in [2.05, 4.69) is 4.98 Å². The highest BCUT2D eigenvalue weighted by Crippen LogP contribution is 2.46. The summed E-state index contributed by atoms with van der Waals surface area (Å²) in [6, 6.07) is 5.98. The molecule has 0 fully saturated rings. The number of rotatable bonds is 6. The molecule has 0 saturated carbocycles. The summed E-state index contributed by atoms with van der Waals surface area (Å²) in [6.45, 7) is 4.01. The summed E-state index contributed by atoms with van der Waals surface area (Å²) in [6.07, 6.45) is -0.617. The van der Waals surface area contributed by atoms with Gasteiger partial charge in [0.05, 0.1) is 39.7 Å². The van der Waals surface area contributed by atoms with Crippen LogP contribution in [0.5, 0.6) is 11.5 Å². The molecule has 2 aromatic rings. The van der Waals surface area contributed by atoms with Crippen LogP contribution in [0.25, 0.3) is 0 Å². The van der Waals surface area contributed by atoms with E-state index in [9.17, 15) is 9.59 Å². The smallest absolute Gasteiger partial charge is 0.414 e. The van der Waals surface area contributed by atoms with Crippen LogP contribution in [0.2, 0.25) is 10.3 Å². The van der Waals surface area contributed by atoms with Gasteiger partial charge in [-0.1, -0.05) is 23.2 Å². The van der Waals surface area contributed by atoms with Crippen molar-refractivity contribution in [3.05, 3.63) is 45.7 Å². The van der Waals surface area contributed by atoms with Crippen molar-refractivity contribution in [3.8, 4) is 11.5 Å². The topological polar surface area (TPSA) is 90.4 Å². The fourth-order valence-electron chi connectivity index (χ4n) is 4.14. The van der Waals surface area contributed by atoms with Gasteiger partial charge in [0.15, 0.2) is 11.5 Å². The minimum absolute atomic E-state index is 0.152. The van der Waals surface area contributed by atoms with Crippen molar-refractivity contribution in [2.24, 2.45) is 0 Å². The zero-order chi connectivity index (χ0) is 25.0. The molecule has 0 N–H and O–H groups in total. The van der Waals surface area contributed by atoms with Gasteiger partial charge in [0, 0.05) is 24.2 Å². The summed E-state index contributed by atoms with van der Waals surface area (Å²) in [5.74, 6) is 0.908. The van der Waals surface area contributed by atoms with Gasteiger partial charge in [-0.25, -0.2) is 14.6 Å². The minimum Gasteiger partial charge on any atom is -0.493 e. The maximum absolute atomic E-state index is 13.0. The molecule has 2 atom stereocenters. The molecule has 0 radical (unpaired) electrons. The summed E-state index contributed by atoms with van der Waals surface area (Å²) < 4.78 is 21.4. The van der Waals surface area contributed by atoms with Gasteiger partial charge in [0.1, 0.15) is 10.3 Å². The maximum Gasteiger partial charge on any atom is 0.414 e. The normalized spacial score (nSPS) is 17.0. The predicted octanol–water partition coefficient (Wildman–Crippen LogP) is 5.47. The molecule has 1 aromatic heterocycles. The number of fused-ring (bicyclic) bond motifs is 1. The molecule has 3 rings (SSSR count). The molecule has 184 valence electrons. The molecule has 0 aliphatic carbocycles. The monoisotopic (exact) mass is 511 g/mol. The lowest BCUT2D eigenvalue weighted by Gasteiger charge is -2.42. The summed E-state index contributed by atoms with van der Waals surface area (Å²) >= 11 is 12.1. The van der Waals surface area contributed by atoms with Crippen molar-refractivity contribution in [2.75, 3.05) is 32.8 Å². The van der Waals surface area contributed by atoms with Gasteiger partial charge < -0.3 is 18.9 Å². The Morgan fingerprint density at radius 1 is 1.09 bits per heavy atom. The van der Waals surface area contributed by atoms with E-state index in [1.807, 2.05) is 6.92 Å². The molecule has 1 aliphatic heterocycles. The summed E-state index contributed by atoms with van der Waals surface area (Å²) in [5, 5.41) is 0.425. The van der Waals surface area contributed by atoms with Gasteiger partial charge in [0.25, 0.3) is 0 Å². The number of benzene rings is 1. The Hall–Kier alpha value is -2.91. The van der Waals surface area contributed by atoms with Gasteiger partial charge in [-0.15, -0.1) is 0 Å². The first-order chi connectivity index (χ1) is 16.2. The Bertz CT molecular complexity index is 1050. The van der Waals surface area contributed by atoms with Crippen molar-refractivity contribution < 1.29 is 28.5 Å². The molecule has 1 aromatic carbocycles. The van der Waals surface area contributed by atoms with Crippen LogP contribution < -0.4 is 14.4 Å². The highest BCUT2D eigenvalue weighted by molar-refractivity contribution is 6.32. The molecule has 0 saturated heterocycles. The van der Waals surface area contributed by atoms with Crippen LogP contribution >= 0.6 is 23.2 Å². The second-order valence-corrected chi connectivity index (χ2v) is 8.43. The molecule has 34 heavy (non-hydrogen) atoms. The van der Waals surface area contributed by atoms with E-state index >= 15 is 0 Å². The Labute approximate surface area is 208 Å². The van der Waals surface area contributed by atoms with E-state index < -0.39 is 18.2 Å². The van der Waals surface area contributed by atoms with Crippen molar-refractivity contribution in [2.45, 2.75) is 38.9 Å². The van der Waals surface area contributed by atoms with Crippen LogP contribution in [-0.2, 0) is 16.0 Å². The van der Waals surface area contributed by atoms with Crippen LogP contribution in [-0.4, -0.2) is 56.0 Å². The molecule has 2 unspecified atom stereocenters. The second-order valence-electron chi connectivity index (χ2n) is 7.65. The molecule has 0 spiro atoms. The number of hydrogen-bond acceptors (Lipinski definition) is 7. The molecule has 9 nitrogen and oxygen atoms in total. The first-order valence-corrected chi connectivity index (χ1v) is 11.4. The third-order valence-corrected chi connectivity index (χ3v) is 5.97. The van der Waals surface area contributed by atoms with Crippen molar-refractivity contribution >= 4 is 41.1 Å². The number of hydrogen-bond donors (Lipinski definition) is 0. The maximum atomic E-state index is 13.0.